The summed E-state index contributed by atoms with van der Waals surface area (Å²) in [6.45, 7) is 8.68. The molecule has 1 saturated heterocycles. The van der Waals surface area contributed by atoms with E-state index in [1.54, 1.807) is 20.8 Å². The molecule has 20 heavy (non-hydrogen) atoms. The summed E-state index contributed by atoms with van der Waals surface area (Å²) in [5.74, 6) is -0.733. The van der Waals surface area contributed by atoms with Crippen LogP contribution in [-0.2, 0) is 14.3 Å². The lowest BCUT2D eigenvalue weighted by Crippen LogP contribution is -2.45. The van der Waals surface area contributed by atoms with Gasteiger partial charge in [0.05, 0.1) is 0 Å². The molecule has 1 aliphatic rings. The predicted molar refractivity (Wildman–Crippen MR) is 73.5 cm³/mol. The number of hydrogen-bond donors (Lipinski definition) is 1. The molecule has 0 aromatic carbocycles. The smallest absolute Gasteiger partial charge is 0.408 e. The van der Waals surface area contributed by atoms with Gasteiger partial charge in [-0.15, -0.1) is 0 Å². The fourth-order valence-electron chi connectivity index (χ4n) is 1.99. The molecule has 0 saturated carbocycles. The summed E-state index contributed by atoms with van der Waals surface area (Å²) in [7, 11) is 0. The zero-order valence-corrected chi connectivity index (χ0v) is 12.1. The molecule has 3 amide bonds. The molecule has 0 unspecified atom stereocenters. The van der Waals surface area contributed by atoms with Crippen LogP contribution in [0.5, 0.6) is 0 Å². The van der Waals surface area contributed by atoms with Gasteiger partial charge in [-0.05, 0) is 40.3 Å². The highest BCUT2D eigenvalue weighted by Crippen LogP contribution is 2.18. The molecule has 1 fully saturated rings. The van der Waals surface area contributed by atoms with E-state index >= 15 is 0 Å². The normalized spacial score (nSPS) is 18.6. The van der Waals surface area contributed by atoms with Gasteiger partial charge in [-0.2, -0.15) is 0 Å². The molecule has 1 atom stereocenters. The second kappa shape index (κ2) is 6.49. The molecular weight excluding hydrogens is 262 g/mol. The Morgan fingerprint density at radius 3 is 2.60 bits per heavy atom. The van der Waals surface area contributed by atoms with Crippen LogP contribution in [0.3, 0.4) is 0 Å². The van der Waals surface area contributed by atoms with Gasteiger partial charge in [0.15, 0.2) is 0 Å². The number of ether oxygens (including phenoxy) is 1. The highest BCUT2D eigenvalue weighted by atomic mass is 16.6. The van der Waals surface area contributed by atoms with E-state index in [2.05, 4.69) is 17.0 Å². The summed E-state index contributed by atoms with van der Waals surface area (Å²) in [6, 6.07) is -0.555. The van der Waals surface area contributed by atoms with Crippen LogP contribution in [0.2, 0.25) is 0 Å². The Morgan fingerprint density at radius 2 is 2.05 bits per heavy atom. The third-order valence-electron chi connectivity index (χ3n) is 2.80. The molecule has 0 bridgehead atoms. The third kappa shape index (κ3) is 4.64. The van der Waals surface area contributed by atoms with Crippen molar-refractivity contribution in [1.29, 1.82) is 0 Å². The van der Waals surface area contributed by atoms with Gasteiger partial charge in [0, 0.05) is 6.54 Å². The van der Waals surface area contributed by atoms with E-state index in [4.69, 9.17) is 4.74 Å². The van der Waals surface area contributed by atoms with Crippen molar-refractivity contribution in [2.45, 2.75) is 45.3 Å². The van der Waals surface area contributed by atoms with E-state index in [0.717, 1.165) is 6.42 Å². The number of alkyl carbamates (subject to hydrolysis) is 1. The van der Waals surface area contributed by atoms with E-state index < -0.39 is 23.6 Å². The number of carbonyl (C=O) groups excluding carboxylic acids is 3. The summed E-state index contributed by atoms with van der Waals surface area (Å²) < 4.78 is 5.03. The van der Waals surface area contributed by atoms with E-state index in [1.807, 2.05) is 0 Å². The van der Waals surface area contributed by atoms with Crippen LogP contribution in [-0.4, -0.2) is 54.3 Å². The van der Waals surface area contributed by atoms with Crippen molar-refractivity contribution >= 4 is 24.6 Å². The highest BCUT2D eigenvalue weighted by molar-refractivity contribution is 5.91. The Bertz CT molecular complexity index is 414. The number of nitrogens with zero attached hydrogens (tertiary/aromatic N) is 2. The minimum absolute atomic E-state index is 0.199. The molecule has 1 heterocycles. The summed E-state index contributed by atoms with van der Waals surface area (Å²) in [4.78, 5) is 39.7. The fourth-order valence-corrected chi connectivity index (χ4v) is 1.99. The molecule has 1 N–H and O–H groups in total. The average molecular weight is 283 g/mol. The molecular formula is C13H21N3O4. The largest absolute Gasteiger partial charge is 0.444 e. The molecule has 0 aliphatic carbocycles. The SMILES string of the molecule is C=NC(=O)[C@@H]1CCCN1C(=O)CNC(=O)OC(C)(C)C. The topological polar surface area (TPSA) is 88.1 Å². The standard InChI is InChI=1S/C13H21N3O4/c1-13(2,3)20-12(19)15-8-10(17)16-7-5-6-9(16)11(18)14-4/h9H,4-8H2,1-3H3,(H,15,19)/t9-/m0/s1. The molecule has 7 heteroatoms. The van der Waals surface area contributed by atoms with Gasteiger partial charge in [-0.3, -0.25) is 9.59 Å². The first kappa shape index (κ1) is 16.1. The van der Waals surface area contributed by atoms with Crippen molar-refractivity contribution in [3.05, 3.63) is 0 Å². The molecule has 1 aliphatic heterocycles. The first-order valence-corrected chi connectivity index (χ1v) is 6.51. The zero-order chi connectivity index (χ0) is 15.3. The van der Waals surface area contributed by atoms with Crippen LogP contribution in [0.25, 0.3) is 0 Å². The molecule has 112 valence electrons. The molecule has 0 radical (unpaired) electrons. The highest BCUT2D eigenvalue weighted by Gasteiger charge is 2.33. The van der Waals surface area contributed by atoms with Crippen LogP contribution >= 0.6 is 0 Å². The average Bonchev–Trinajstić information content (AvgIpc) is 2.82. The Balaban J connectivity index is 2.48. The van der Waals surface area contributed by atoms with Crippen LogP contribution in [0.4, 0.5) is 4.79 Å². The van der Waals surface area contributed by atoms with E-state index in [9.17, 15) is 14.4 Å². The van der Waals surface area contributed by atoms with Gasteiger partial charge in [0.25, 0.3) is 5.91 Å². The quantitative estimate of drug-likeness (QED) is 0.773. The van der Waals surface area contributed by atoms with Crippen molar-refractivity contribution in [2.24, 2.45) is 4.99 Å². The van der Waals surface area contributed by atoms with Crippen molar-refractivity contribution in [1.82, 2.24) is 10.2 Å². The van der Waals surface area contributed by atoms with Gasteiger partial charge in [-0.1, -0.05) is 0 Å². The maximum atomic E-state index is 12.0. The lowest BCUT2D eigenvalue weighted by atomic mass is 10.2. The van der Waals surface area contributed by atoms with Gasteiger partial charge in [-0.25, -0.2) is 9.79 Å². The maximum Gasteiger partial charge on any atom is 0.408 e. The predicted octanol–water partition coefficient (Wildman–Crippen LogP) is 0.729. The van der Waals surface area contributed by atoms with E-state index in [1.165, 1.54) is 4.90 Å². The molecule has 0 aromatic heterocycles. The van der Waals surface area contributed by atoms with Gasteiger partial charge in [0.1, 0.15) is 18.2 Å². The Kier molecular flexibility index (Phi) is 5.24. The lowest BCUT2D eigenvalue weighted by Gasteiger charge is -2.23. The van der Waals surface area contributed by atoms with Crippen molar-refractivity contribution < 1.29 is 19.1 Å². The number of nitrogens with one attached hydrogen (secondary N) is 1. The van der Waals surface area contributed by atoms with Gasteiger partial charge >= 0.3 is 6.09 Å². The summed E-state index contributed by atoms with van der Waals surface area (Å²) in [6.07, 6.45) is 0.662. The summed E-state index contributed by atoms with van der Waals surface area (Å²) in [5.41, 5.74) is -0.619. The Hall–Kier alpha value is -1.92. The number of amides is 3. The first-order valence-electron chi connectivity index (χ1n) is 6.51. The van der Waals surface area contributed by atoms with Gasteiger partial charge in [0.2, 0.25) is 5.91 Å². The second-order valence-electron chi connectivity index (χ2n) is 5.60. The van der Waals surface area contributed by atoms with Crippen LogP contribution < -0.4 is 5.32 Å². The van der Waals surface area contributed by atoms with Gasteiger partial charge < -0.3 is 15.0 Å². The fraction of sp³-hybridized carbons (Fsp3) is 0.692. The zero-order valence-electron chi connectivity index (χ0n) is 12.1. The summed E-state index contributed by atoms with van der Waals surface area (Å²) >= 11 is 0. The van der Waals surface area contributed by atoms with E-state index in [-0.39, 0.29) is 12.5 Å². The van der Waals surface area contributed by atoms with Crippen molar-refractivity contribution in [3.8, 4) is 0 Å². The van der Waals surface area contributed by atoms with E-state index in [0.29, 0.717) is 13.0 Å². The molecule has 7 nitrogen and oxygen atoms in total. The Morgan fingerprint density at radius 1 is 1.40 bits per heavy atom. The number of carbonyl (C=O) groups is 3. The maximum absolute atomic E-state index is 12.0. The Labute approximate surface area is 118 Å². The molecule has 0 aromatic rings. The van der Waals surface area contributed by atoms with Crippen LogP contribution in [0.1, 0.15) is 33.6 Å². The number of hydrogen-bond acceptors (Lipinski definition) is 4. The van der Waals surface area contributed by atoms with Crippen LogP contribution in [0.15, 0.2) is 4.99 Å². The van der Waals surface area contributed by atoms with Crippen molar-refractivity contribution in [3.63, 3.8) is 0 Å². The van der Waals surface area contributed by atoms with Crippen LogP contribution in [0, 0.1) is 0 Å². The first-order chi connectivity index (χ1) is 9.24. The lowest BCUT2D eigenvalue weighted by molar-refractivity contribution is -0.136. The number of aliphatic imine (C=N–C) groups is 1. The summed E-state index contributed by atoms with van der Waals surface area (Å²) in [5, 5.41) is 2.38. The third-order valence-corrected chi connectivity index (χ3v) is 2.80. The minimum atomic E-state index is -0.658. The number of likely N-dealkylation sites (tertiary alicyclic amines) is 1. The number of rotatable bonds is 3. The van der Waals surface area contributed by atoms with Crippen molar-refractivity contribution in [2.75, 3.05) is 13.1 Å². The second-order valence-corrected chi connectivity index (χ2v) is 5.60. The monoisotopic (exact) mass is 283 g/mol. The minimum Gasteiger partial charge on any atom is -0.444 e. The molecule has 0 spiro atoms. The molecule has 1 rings (SSSR count).